The first-order valence-corrected chi connectivity index (χ1v) is 7.16. The Balaban J connectivity index is 1.98. The molecule has 3 aromatic rings. The highest BCUT2D eigenvalue weighted by atomic mass is 32.1. The molecule has 2 N–H and O–H groups in total. The van der Waals surface area contributed by atoms with Gasteiger partial charge in [0.15, 0.2) is 11.2 Å². The molecule has 0 aromatic carbocycles. The number of hydrogen-bond donors (Lipinski definition) is 2. The molecule has 9 heteroatoms. The molecule has 0 saturated heterocycles. The molecule has 110 valence electrons. The standard InChI is InChI=1S/C12H14N6O2S/c1-6-14-7(5-21-6)4-13-11-15-8-9(16-11)17(2)12(20)18(3)10(8)19/h5H,4H2,1-3H3,(H2,13,15,16). The van der Waals surface area contributed by atoms with Crippen LogP contribution in [-0.4, -0.2) is 24.1 Å². The number of aromatic nitrogens is 5. The first kappa shape index (κ1) is 13.6. The van der Waals surface area contributed by atoms with Crippen LogP contribution in [0, 0.1) is 6.92 Å². The Morgan fingerprint density at radius 1 is 1.29 bits per heavy atom. The third-order valence-corrected chi connectivity index (χ3v) is 4.02. The van der Waals surface area contributed by atoms with Crippen LogP contribution in [0.1, 0.15) is 10.7 Å². The summed E-state index contributed by atoms with van der Waals surface area (Å²) in [5, 5.41) is 6.02. The van der Waals surface area contributed by atoms with Crippen molar-refractivity contribution in [3.05, 3.63) is 36.9 Å². The number of imidazole rings is 1. The highest BCUT2D eigenvalue weighted by molar-refractivity contribution is 7.09. The van der Waals surface area contributed by atoms with E-state index >= 15 is 0 Å². The number of aromatic amines is 1. The summed E-state index contributed by atoms with van der Waals surface area (Å²) in [5.74, 6) is 0.439. The van der Waals surface area contributed by atoms with Crippen LogP contribution in [0.4, 0.5) is 5.95 Å². The number of anilines is 1. The van der Waals surface area contributed by atoms with Crippen LogP contribution in [0.2, 0.25) is 0 Å². The molecule has 0 fully saturated rings. The van der Waals surface area contributed by atoms with Crippen molar-refractivity contribution < 1.29 is 0 Å². The number of hydrogen-bond acceptors (Lipinski definition) is 6. The van der Waals surface area contributed by atoms with Crippen molar-refractivity contribution >= 4 is 28.4 Å². The lowest BCUT2D eigenvalue weighted by Gasteiger charge is -2.00. The summed E-state index contributed by atoms with van der Waals surface area (Å²) in [5.41, 5.74) is 0.746. The second-order valence-corrected chi connectivity index (χ2v) is 5.76. The van der Waals surface area contributed by atoms with Crippen LogP contribution in [0.5, 0.6) is 0 Å². The van der Waals surface area contributed by atoms with Crippen LogP contribution in [0.15, 0.2) is 15.0 Å². The van der Waals surface area contributed by atoms with E-state index in [-0.39, 0.29) is 0 Å². The largest absolute Gasteiger partial charge is 0.350 e. The summed E-state index contributed by atoms with van der Waals surface area (Å²) in [4.78, 5) is 35.4. The molecular weight excluding hydrogens is 292 g/mol. The van der Waals surface area contributed by atoms with Crippen molar-refractivity contribution in [1.29, 1.82) is 0 Å². The second-order valence-electron chi connectivity index (χ2n) is 4.70. The lowest BCUT2D eigenvalue weighted by Crippen LogP contribution is -2.36. The summed E-state index contributed by atoms with van der Waals surface area (Å²) < 4.78 is 2.39. The van der Waals surface area contributed by atoms with Gasteiger partial charge in [-0.3, -0.25) is 13.9 Å². The van der Waals surface area contributed by atoms with E-state index in [0.29, 0.717) is 23.7 Å². The Labute approximate surface area is 123 Å². The minimum atomic E-state index is -0.402. The van der Waals surface area contributed by atoms with Gasteiger partial charge in [0, 0.05) is 19.5 Å². The zero-order valence-corrected chi connectivity index (χ0v) is 12.6. The SMILES string of the molecule is Cc1nc(CNc2nc3c([nH]2)c(=O)n(C)c(=O)n3C)cs1. The Morgan fingerprint density at radius 3 is 2.71 bits per heavy atom. The Bertz CT molecular complexity index is 932. The van der Waals surface area contributed by atoms with Gasteiger partial charge in [-0.05, 0) is 6.92 Å². The maximum atomic E-state index is 12.0. The molecule has 8 nitrogen and oxygen atoms in total. The van der Waals surface area contributed by atoms with Gasteiger partial charge in [0.2, 0.25) is 5.95 Å². The Hall–Kier alpha value is -2.42. The lowest BCUT2D eigenvalue weighted by atomic mass is 10.5. The molecule has 0 saturated carbocycles. The zero-order chi connectivity index (χ0) is 15.1. The van der Waals surface area contributed by atoms with Gasteiger partial charge in [-0.1, -0.05) is 0 Å². The van der Waals surface area contributed by atoms with Crippen molar-refractivity contribution in [2.45, 2.75) is 13.5 Å². The average Bonchev–Trinajstić information content (AvgIpc) is 3.07. The Morgan fingerprint density at radius 2 is 2.05 bits per heavy atom. The quantitative estimate of drug-likeness (QED) is 0.727. The highest BCUT2D eigenvalue weighted by Crippen LogP contribution is 2.12. The van der Waals surface area contributed by atoms with E-state index in [9.17, 15) is 9.59 Å². The molecule has 0 aliphatic carbocycles. The van der Waals surface area contributed by atoms with Crippen LogP contribution in [0.25, 0.3) is 11.2 Å². The molecule has 0 radical (unpaired) electrons. The van der Waals surface area contributed by atoms with Crippen molar-refractivity contribution in [2.24, 2.45) is 14.1 Å². The second kappa shape index (κ2) is 4.85. The topological polar surface area (TPSA) is 97.6 Å². The molecule has 3 aromatic heterocycles. The summed E-state index contributed by atoms with van der Waals surface area (Å²) in [6.45, 7) is 2.44. The third-order valence-electron chi connectivity index (χ3n) is 3.20. The smallest absolute Gasteiger partial charge is 0.332 e. The van der Waals surface area contributed by atoms with Crippen molar-refractivity contribution in [2.75, 3.05) is 5.32 Å². The molecule has 0 atom stereocenters. The normalized spacial score (nSPS) is 11.2. The molecule has 0 aliphatic heterocycles. The number of thiazole rings is 1. The van der Waals surface area contributed by atoms with E-state index in [1.54, 1.807) is 18.4 Å². The molecule has 0 bridgehead atoms. The van der Waals surface area contributed by atoms with Gasteiger partial charge < -0.3 is 10.3 Å². The van der Waals surface area contributed by atoms with E-state index in [0.717, 1.165) is 15.3 Å². The summed E-state index contributed by atoms with van der Waals surface area (Å²) >= 11 is 1.57. The summed E-state index contributed by atoms with van der Waals surface area (Å²) in [6, 6.07) is 0. The van der Waals surface area contributed by atoms with Crippen molar-refractivity contribution in [3.63, 3.8) is 0 Å². The number of fused-ring (bicyclic) bond motifs is 1. The number of nitrogens with one attached hydrogen (secondary N) is 2. The van der Waals surface area contributed by atoms with Gasteiger partial charge in [0.25, 0.3) is 5.56 Å². The molecule has 0 aliphatic rings. The van der Waals surface area contributed by atoms with Crippen LogP contribution < -0.4 is 16.6 Å². The van der Waals surface area contributed by atoms with Gasteiger partial charge in [-0.15, -0.1) is 11.3 Å². The van der Waals surface area contributed by atoms with Crippen LogP contribution >= 0.6 is 11.3 Å². The Kier molecular flexibility index (Phi) is 3.13. The van der Waals surface area contributed by atoms with E-state index in [1.807, 2.05) is 12.3 Å². The van der Waals surface area contributed by atoms with Gasteiger partial charge in [0.1, 0.15) is 0 Å². The van der Waals surface area contributed by atoms with Gasteiger partial charge in [-0.2, -0.15) is 4.98 Å². The molecule has 21 heavy (non-hydrogen) atoms. The van der Waals surface area contributed by atoms with Crippen molar-refractivity contribution in [1.82, 2.24) is 24.1 Å². The maximum absolute atomic E-state index is 12.0. The van der Waals surface area contributed by atoms with E-state index in [2.05, 4.69) is 20.3 Å². The molecule has 0 spiro atoms. The van der Waals surface area contributed by atoms with E-state index in [1.165, 1.54) is 11.6 Å². The fraction of sp³-hybridized carbons (Fsp3) is 0.333. The highest BCUT2D eigenvalue weighted by Gasteiger charge is 2.13. The van der Waals surface area contributed by atoms with Gasteiger partial charge in [0.05, 0.1) is 17.2 Å². The summed E-state index contributed by atoms with van der Waals surface area (Å²) in [6.07, 6.45) is 0. The maximum Gasteiger partial charge on any atom is 0.332 e. The third kappa shape index (κ3) is 2.25. The van der Waals surface area contributed by atoms with Crippen molar-refractivity contribution in [3.8, 4) is 0 Å². The number of H-pyrrole nitrogens is 1. The molecule has 0 unspecified atom stereocenters. The number of rotatable bonds is 3. The van der Waals surface area contributed by atoms with E-state index in [4.69, 9.17) is 0 Å². The predicted octanol–water partition coefficient (Wildman–Crippen LogP) is 0.337. The fourth-order valence-electron chi connectivity index (χ4n) is 2.07. The number of nitrogens with zero attached hydrogens (tertiary/aromatic N) is 4. The fourth-order valence-corrected chi connectivity index (χ4v) is 2.69. The zero-order valence-electron chi connectivity index (χ0n) is 11.8. The minimum absolute atomic E-state index is 0.302. The minimum Gasteiger partial charge on any atom is -0.350 e. The van der Waals surface area contributed by atoms with Gasteiger partial charge in [-0.25, -0.2) is 9.78 Å². The predicted molar refractivity (Wildman–Crippen MR) is 80.8 cm³/mol. The average molecular weight is 306 g/mol. The summed E-state index contributed by atoms with van der Waals surface area (Å²) in [7, 11) is 3.02. The van der Waals surface area contributed by atoms with Crippen LogP contribution in [-0.2, 0) is 20.6 Å². The molecule has 3 rings (SSSR count). The van der Waals surface area contributed by atoms with Gasteiger partial charge >= 0.3 is 5.69 Å². The lowest BCUT2D eigenvalue weighted by molar-refractivity contribution is 0.709. The molecule has 0 amide bonds. The first-order valence-electron chi connectivity index (χ1n) is 6.28. The molecule has 3 heterocycles. The van der Waals surface area contributed by atoms with Crippen LogP contribution in [0.3, 0.4) is 0 Å². The number of aryl methyl sites for hydroxylation is 2. The molecular formula is C12H14N6O2S. The van der Waals surface area contributed by atoms with E-state index < -0.39 is 11.2 Å². The monoisotopic (exact) mass is 306 g/mol. The first-order chi connectivity index (χ1) is 9.97.